The van der Waals surface area contributed by atoms with Crippen LogP contribution in [0.5, 0.6) is 0 Å². The Hall–Kier alpha value is 0.487. The molecule has 4 heteroatoms. The molecule has 19 heavy (non-hydrogen) atoms. The Balaban J connectivity index is 2.94. The van der Waals surface area contributed by atoms with Crippen LogP contribution in [0.25, 0.3) is 0 Å². The van der Waals surface area contributed by atoms with Gasteiger partial charge in [-0.25, -0.2) is 0 Å². The lowest BCUT2D eigenvalue weighted by Gasteiger charge is -2.45. The zero-order chi connectivity index (χ0) is 14.5. The Bertz CT molecular complexity index is 257. The molecule has 0 spiro atoms. The predicted molar refractivity (Wildman–Crippen MR) is 88.1 cm³/mol. The number of hydrogen-bond donors (Lipinski definition) is 1. The highest BCUT2D eigenvalue weighted by atomic mass is 32.1. The summed E-state index contributed by atoms with van der Waals surface area (Å²) in [4.78, 5) is 0. The number of rotatable bonds is 7. The van der Waals surface area contributed by atoms with Crippen molar-refractivity contribution in [3.05, 3.63) is 0 Å². The maximum atomic E-state index is 6.04. The highest BCUT2D eigenvalue weighted by molar-refractivity contribution is 7.80. The molecule has 0 aromatic heterocycles. The molecule has 0 bridgehead atoms. The molecule has 1 fully saturated rings. The molecule has 0 aromatic rings. The first-order valence-corrected chi connectivity index (χ1v) is 10.4. The SMILES string of the molecule is CO[Si](CCCS)(OC)C1CC(C)CCC1C(C)C. The van der Waals surface area contributed by atoms with E-state index in [1.165, 1.54) is 19.3 Å². The standard InChI is InChI=1S/C15H32O2SSi/c1-12(2)14-8-7-13(3)11-15(14)19(16-4,17-5)10-6-9-18/h12-15,18H,6-11H2,1-5H3. The minimum absolute atomic E-state index is 0.645. The van der Waals surface area contributed by atoms with Gasteiger partial charge in [-0.1, -0.05) is 27.2 Å². The summed E-state index contributed by atoms with van der Waals surface area (Å²) >= 11 is 4.37. The average Bonchev–Trinajstić information content (AvgIpc) is 2.40. The third kappa shape index (κ3) is 4.23. The molecule has 1 rings (SSSR count). The fourth-order valence-corrected chi connectivity index (χ4v) is 8.45. The lowest BCUT2D eigenvalue weighted by atomic mass is 9.77. The van der Waals surface area contributed by atoms with Crippen LogP contribution in [0.4, 0.5) is 0 Å². The van der Waals surface area contributed by atoms with Gasteiger partial charge in [0.1, 0.15) is 0 Å². The predicted octanol–water partition coefficient (Wildman–Crippen LogP) is 4.50. The Morgan fingerprint density at radius 3 is 2.32 bits per heavy atom. The molecule has 0 saturated heterocycles. The van der Waals surface area contributed by atoms with Crippen molar-refractivity contribution >= 4 is 21.2 Å². The topological polar surface area (TPSA) is 18.5 Å². The number of thiol groups is 1. The molecule has 3 atom stereocenters. The van der Waals surface area contributed by atoms with Gasteiger partial charge in [-0.2, -0.15) is 12.6 Å². The summed E-state index contributed by atoms with van der Waals surface area (Å²) in [6, 6.07) is 1.09. The molecule has 0 radical (unpaired) electrons. The van der Waals surface area contributed by atoms with Crippen LogP contribution in [0.1, 0.15) is 46.5 Å². The van der Waals surface area contributed by atoms with E-state index >= 15 is 0 Å². The van der Waals surface area contributed by atoms with Crippen molar-refractivity contribution in [2.45, 2.75) is 58.0 Å². The summed E-state index contributed by atoms with van der Waals surface area (Å²) in [7, 11) is 1.65. The van der Waals surface area contributed by atoms with Crippen molar-refractivity contribution < 1.29 is 8.85 Å². The van der Waals surface area contributed by atoms with Crippen LogP contribution in [-0.2, 0) is 8.85 Å². The summed E-state index contributed by atoms with van der Waals surface area (Å²) < 4.78 is 12.1. The number of hydrogen-bond acceptors (Lipinski definition) is 3. The van der Waals surface area contributed by atoms with Gasteiger partial charge < -0.3 is 8.85 Å². The molecule has 0 N–H and O–H groups in total. The molecule has 1 aliphatic rings. The van der Waals surface area contributed by atoms with Crippen molar-refractivity contribution in [1.82, 2.24) is 0 Å². The van der Waals surface area contributed by atoms with Crippen LogP contribution >= 0.6 is 12.6 Å². The van der Waals surface area contributed by atoms with E-state index in [4.69, 9.17) is 8.85 Å². The molecule has 0 aliphatic heterocycles. The lowest BCUT2D eigenvalue weighted by Crippen LogP contribution is -2.50. The van der Waals surface area contributed by atoms with Crippen molar-refractivity contribution in [3.63, 3.8) is 0 Å². The summed E-state index contributed by atoms with van der Waals surface area (Å²) in [5.74, 6) is 3.23. The second-order valence-corrected chi connectivity index (χ2v) is 10.6. The largest absolute Gasteiger partial charge is 0.397 e. The van der Waals surface area contributed by atoms with E-state index in [0.717, 1.165) is 36.0 Å². The van der Waals surface area contributed by atoms with E-state index in [-0.39, 0.29) is 0 Å². The van der Waals surface area contributed by atoms with Gasteiger partial charge in [0.15, 0.2) is 0 Å². The van der Waals surface area contributed by atoms with E-state index in [1.54, 1.807) is 0 Å². The highest BCUT2D eigenvalue weighted by Crippen LogP contribution is 2.49. The normalized spacial score (nSPS) is 28.9. The maximum absolute atomic E-state index is 6.04. The molecular formula is C15H32O2SSi. The molecule has 114 valence electrons. The Morgan fingerprint density at radius 1 is 1.21 bits per heavy atom. The van der Waals surface area contributed by atoms with E-state index in [2.05, 4.69) is 33.4 Å². The van der Waals surface area contributed by atoms with Crippen molar-refractivity contribution in [1.29, 1.82) is 0 Å². The molecule has 2 nitrogen and oxygen atoms in total. The third-order valence-corrected chi connectivity index (χ3v) is 9.50. The lowest BCUT2D eigenvalue weighted by molar-refractivity contribution is 0.156. The maximum Gasteiger partial charge on any atom is 0.341 e. The van der Waals surface area contributed by atoms with Gasteiger partial charge in [-0.3, -0.25) is 0 Å². The van der Waals surface area contributed by atoms with Crippen LogP contribution < -0.4 is 0 Å². The van der Waals surface area contributed by atoms with Crippen LogP contribution in [0.15, 0.2) is 0 Å². The average molecular weight is 305 g/mol. The van der Waals surface area contributed by atoms with Gasteiger partial charge in [0.05, 0.1) is 0 Å². The zero-order valence-corrected chi connectivity index (χ0v) is 15.2. The van der Waals surface area contributed by atoms with Gasteiger partial charge >= 0.3 is 8.56 Å². The van der Waals surface area contributed by atoms with E-state index < -0.39 is 8.56 Å². The van der Waals surface area contributed by atoms with Crippen LogP contribution in [0, 0.1) is 17.8 Å². The minimum atomic E-state index is -2.08. The fourth-order valence-electron chi connectivity index (χ4n) is 3.81. The van der Waals surface area contributed by atoms with Gasteiger partial charge in [-0.05, 0) is 48.8 Å². The fraction of sp³-hybridized carbons (Fsp3) is 1.00. The van der Waals surface area contributed by atoms with Crippen LogP contribution in [0.3, 0.4) is 0 Å². The van der Waals surface area contributed by atoms with E-state index in [1.807, 2.05) is 14.2 Å². The summed E-state index contributed by atoms with van der Waals surface area (Å²) in [6.45, 7) is 7.10. The van der Waals surface area contributed by atoms with Gasteiger partial charge in [0.2, 0.25) is 0 Å². The Morgan fingerprint density at radius 2 is 1.84 bits per heavy atom. The quantitative estimate of drug-likeness (QED) is 0.551. The molecule has 0 aromatic carbocycles. The first-order valence-electron chi connectivity index (χ1n) is 7.71. The zero-order valence-electron chi connectivity index (χ0n) is 13.3. The molecule has 0 amide bonds. The monoisotopic (exact) mass is 304 g/mol. The van der Waals surface area contributed by atoms with Crippen LogP contribution in [-0.4, -0.2) is 28.5 Å². The summed E-state index contributed by atoms with van der Waals surface area (Å²) in [6.07, 6.45) is 5.09. The molecule has 1 aliphatic carbocycles. The van der Waals surface area contributed by atoms with Gasteiger partial charge in [0, 0.05) is 19.8 Å². The first kappa shape index (κ1) is 17.5. The van der Waals surface area contributed by atoms with E-state index in [0.29, 0.717) is 5.54 Å². The summed E-state index contributed by atoms with van der Waals surface area (Å²) in [5, 5.41) is 0. The van der Waals surface area contributed by atoms with Gasteiger partial charge in [0.25, 0.3) is 0 Å². The molecule has 0 heterocycles. The summed E-state index contributed by atoms with van der Waals surface area (Å²) in [5.41, 5.74) is 0.645. The Kier molecular flexibility index (Phi) is 7.44. The smallest absolute Gasteiger partial charge is 0.341 e. The van der Waals surface area contributed by atoms with Crippen molar-refractivity contribution in [2.75, 3.05) is 20.0 Å². The van der Waals surface area contributed by atoms with Crippen molar-refractivity contribution in [3.8, 4) is 0 Å². The van der Waals surface area contributed by atoms with Crippen molar-refractivity contribution in [2.24, 2.45) is 17.8 Å². The second kappa shape index (κ2) is 8.06. The highest BCUT2D eigenvalue weighted by Gasteiger charge is 2.49. The minimum Gasteiger partial charge on any atom is -0.397 e. The van der Waals surface area contributed by atoms with Gasteiger partial charge in [-0.15, -0.1) is 0 Å². The second-order valence-electron chi connectivity index (χ2n) is 6.48. The molecular weight excluding hydrogens is 272 g/mol. The first-order chi connectivity index (χ1) is 9.00. The molecule has 3 unspecified atom stereocenters. The molecule has 1 saturated carbocycles. The Labute approximate surface area is 126 Å². The third-order valence-electron chi connectivity index (χ3n) is 4.96. The van der Waals surface area contributed by atoms with E-state index in [9.17, 15) is 0 Å². The van der Waals surface area contributed by atoms with Crippen LogP contribution in [0.2, 0.25) is 11.6 Å².